The summed E-state index contributed by atoms with van der Waals surface area (Å²) >= 11 is 0. The van der Waals surface area contributed by atoms with Crippen LogP contribution in [0.5, 0.6) is 0 Å². The van der Waals surface area contributed by atoms with Crippen LogP contribution >= 0.6 is 0 Å². The minimum absolute atomic E-state index is 0.660. The molecule has 0 radical (unpaired) electrons. The van der Waals surface area contributed by atoms with Gasteiger partial charge in [0.1, 0.15) is 0 Å². The molecule has 3 aromatic heterocycles. The summed E-state index contributed by atoms with van der Waals surface area (Å²) in [5.74, 6) is 0.660. The minimum atomic E-state index is 0.660. The van der Waals surface area contributed by atoms with Gasteiger partial charge < -0.3 is 0 Å². The molecule has 0 spiro atoms. The molecule has 200 valence electrons. The van der Waals surface area contributed by atoms with Crippen LogP contribution in [-0.4, -0.2) is 19.5 Å². The topological polar surface area (TPSA) is 43.6 Å². The SMILES string of the molecule is c1ccc(-c2ccc(-c3nc(-n4c5cc6ccccc6cc5c5c6ccccc6ccc54)nc4ccccc34)cc2)nc1. The van der Waals surface area contributed by atoms with Crippen molar-refractivity contribution < 1.29 is 0 Å². The molecule has 0 aliphatic rings. The van der Waals surface area contributed by atoms with E-state index in [2.05, 4.69) is 125 Å². The number of aromatic nitrogens is 4. The van der Waals surface area contributed by atoms with Crippen LogP contribution in [0.4, 0.5) is 0 Å². The molecule has 0 N–H and O–H groups in total. The number of hydrogen-bond donors (Lipinski definition) is 0. The quantitative estimate of drug-likeness (QED) is 0.221. The van der Waals surface area contributed by atoms with Crippen LogP contribution in [-0.2, 0) is 0 Å². The van der Waals surface area contributed by atoms with E-state index in [0.29, 0.717) is 5.95 Å². The normalized spacial score (nSPS) is 11.7. The van der Waals surface area contributed by atoms with E-state index in [4.69, 9.17) is 9.97 Å². The van der Waals surface area contributed by atoms with Crippen molar-refractivity contribution in [3.63, 3.8) is 0 Å². The Morgan fingerprint density at radius 2 is 1.16 bits per heavy atom. The molecule has 9 rings (SSSR count). The van der Waals surface area contributed by atoms with Gasteiger partial charge >= 0.3 is 0 Å². The molecular weight excluding hydrogens is 524 g/mol. The molecule has 6 aromatic carbocycles. The maximum absolute atomic E-state index is 5.31. The van der Waals surface area contributed by atoms with Gasteiger partial charge in [-0.1, -0.05) is 103 Å². The zero-order chi connectivity index (χ0) is 28.3. The highest BCUT2D eigenvalue weighted by Gasteiger charge is 2.19. The van der Waals surface area contributed by atoms with Gasteiger partial charge in [0.05, 0.1) is 27.9 Å². The first-order valence-corrected chi connectivity index (χ1v) is 14.5. The fraction of sp³-hybridized carbons (Fsp3) is 0. The number of fused-ring (bicyclic) bond motifs is 7. The lowest BCUT2D eigenvalue weighted by atomic mass is 10.0. The summed E-state index contributed by atoms with van der Waals surface area (Å²) in [6.45, 7) is 0. The van der Waals surface area contributed by atoms with E-state index in [1.807, 2.05) is 30.5 Å². The first kappa shape index (κ1) is 23.8. The molecule has 0 aliphatic heterocycles. The zero-order valence-electron chi connectivity index (χ0n) is 23.1. The Morgan fingerprint density at radius 3 is 1.98 bits per heavy atom. The van der Waals surface area contributed by atoms with Gasteiger partial charge in [0.15, 0.2) is 0 Å². The van der Waals surface area contributed by atoms with Crippen molar-refractivity contribution in [3.8, 4) is 28.5 Å². The molecule has 0 amide bonds. The fourth-order valence-corrected chi connectivity index (χ4v) is 6.40. The van der Waals surface area contributed by atoms with Gasteiger partial charge in [-0.25, -0.2) is 9.97 Å². The molecule has 0 unspecified atom stereocenters. The molecule has 0 atom stereocenters. The van der Waals surface area contributed by atoms with Gasteiger partial charge in [-0.2, -0.15) is 0 Å². The molecule has 0 fully saturated rings. The number of hydrogen-bond acceptors (Lipinski definition) is 3. The van der Waals surface area contributed by atoms with Crippen LogP contribution in [0, 0.1) is 0 Å². The Labute approximate surface area is 247 Å². The van der Waals surface area contributed by atoms with Crippen molar-refractivity contribution in [3.05, 3.63) is 146 Å². The van der Waals surface area contributed by atoms with Crippen LogP contribution in [0.2, 0.25) is 0 Å². The second-order valence-electron chi connectivity index (χ2n) is 10.9. The van der Waals surface area contributed by atoms with Crippen LogP contribution in [0.15, 0.2) is 146 Å². The lowest BCUT2D eigenvalue weighted by Gasteiger charge is -2.12. The molecule has 9 aromatic rings. The van der Waals surface area contributed by atoms with E-state index in [-0.39, 0.29) is 0 Å². The van der Waals surface area contributed by atoms with E-state index >= 15 is 0 Å². The summed E-state index contributed by atoms with van der Waals surface area (Å²) in [5.41, 5.74) is 7.07. The summed E-state index contributed by atoms with van der Waals surface area (Å²) in [6.07, 6.45) is 1.82. The number of benzene rings is 6. The van der Waals surface area contributed by atoms with Crippen LogP contribution < -0.4 is 0 Å². The van der Waals surface area contributed by atoms with Crippen molar-refractivity contribution >= 4 is 54.3 Å². The number of nitrogens with zero attached hydrogens (tertiary/aromatic N) is 4. The second kappa shape index (κ2) is 9.33. The van der Waals surface area contributed by atoms with Crippen LogP contribution in [0.3, 0.4) is 0 Å². The maximum Gasteiger partial charge on any atom is 0.235 e. The molecule has 0 saturated carbocycles. The molecular formula is C39H24N4. The summed E-state index contributed by atoms with van der Waals surface area (Å²) in [7, 11) is 0. The van der Waals surface area contributed by atoms with Crippen molar-refractivity contribution in [2.75, 3.05) is 0 Å². The number of rotatable bonds is 3. The van der Waals surface area contributed by atoms with Crippen LogP contribution in [0.25, 0.3) is 82.7 Å². The Morgan fingerprint density at radius 1 is 0.465 bits per heavy atom. The van der Waals surface area contributed by atoms with Crippen molar-refractivity contribution in [2.45, 2.75) is 0 Å². The Balaban J connectivity index is 1.35. The Hall–Kier alpha value is -5.87. The predicted molar refractivity (Wildman–Crippen MR) is 178 cm³/mol. The van der Waals surface area contributed by atoms with E-state index in [9.17, 15) is 0 Å². The maximum atomic E-state index is 5.31. The summed E-state index contributed by atoms with van der Waals surface area (Å²) < 4.78 is 2.24. The minimum Gasteiger partial charge on any atom is -0.278 e. The fourth-order valence-electron chi connectivity index (χ4n) is 6.40. The smallest absolute Gasteiger partial charge is 0.235 e. The molecule has 4 heteroatoms. The van der Waals surface area contributed by atoms with Gasteiger partial charge in [0, 0.05) is 33.5 Å². The number of pyridine rings is 1. The molecule has 0 bridgehead atoms. The second-order valence-corrected chi connectivity index (χ2v) is 10.9. The van der Waals surface area contributed by atoms with E-state index in [1.165, 1.54) is 32.3 Å². The summed E-state index contributed by atoms with van der Waals surface area (Å²) in [6, 6.07) is 48.9. The van der Waals surface area contributed by atoms with E-state index in [1.54, 1.807) is 0 Å². The standard InChI is InChI=1S/C39H24N4/c1-2-11-29-24-36-32(23-28(29)10-1)37-30-12-4-3-9-25(30)20-21-35(37)43(36)39-41-34-15-6-5-13-31(34)38(42-39)27-18-16-26(17-19-27)33-14-7-8-22-40-33/h1-24H. The molecule has 0 saturated heterocycles. The summed E-state index contributed by atoms with van der Waals surface area (Å²) in [4.78, 5) is 15.0. The third kappa shape index (κ3) is 3.74. The van der Waals surface area contributed by atoms with Crippen LogP contribution in [0.1, 0.15) is 0 Å². The molecule has 4 nitrogen and oxygen atoms in total. The van der Waals surface area contributed by atoms with Gasteiger partial charge in [0.25, 0.3) is 0 Å². The third-order valence-corrected chi connectivity index (χ3v) is 8.43. The monoisotopic (exact) mass is 548 g/mol. The molecule has 0 aliphatic carbocycles. The van der Waals surface area contributed by atoms with Gasteiger partial charge in [0.2, 0.25) is 5.95 Å². The number of para-hydroxylation sites is 1. The average Bonchev–Trinajstić information content (AvgIpc) is 3.41. The lowest BCUT2D eigenvalue weighted by Crippen LogP contribution is -2.03. The zero-order valence-corrected chi connectivity index (χ0v) is 23.1. The largest absolute Gasteiger partial charge is 0.278 e. The van der Waals surface area contributed by atoms with E-state index in [0.717, 1.165) is 44.5 Å². The van der Waals surface area contributed by atoms with Gasteiger partial charge in [-0.05, 0) is 57.9 Å². The Bertz CT molecular complexity index is 2490. The van der Waals surface area contributed by atoms with Crippen molar-refractivity contribution in [1.82, 2.24) is 19.5 Å². The Kier molecular flexibility index (Phi) is 5.16. The first-order valence-electron chi connectivity index (χ1n) is 14.5. The van der Waals surface area contributed by atoms with Crippen molar-refractivity contribution in [1.29, 1.82) is 0 Å². The molecule has 43 heavy (non-hydrogen) atoms. The highest BCUT2D eigenvalue weighted by atomic mass is 15.2. The third-order valence-electron chi connectivity index (χ3n) is 8.43. The van der Waals surface area contributed by atoms with Crippen molar-refractivity contribution in [2.24, 2.45) is 0 Å². The molecule has 3 heterocycles. The lowest BCUT2D eigenvalue weighted by molar-refractivity contribution is 1.01. The highest BCUT2D eigenvalue weighted by molar-refractivity contribution is 6.23. The van der Waals surface area contributed by atoms with Gasteiger partial charge in [-0.3, -0.25) is 9.55 Å². The first-order chi connectivity index (χ1) is 21.3. The highest BCUT2D eigenvalue weighted by Crippen LogP contribution is 2.39. The average molecular weight is 549 g/mol. The van der Waals surface area contributed by atoms with Gasteiger partial charge in [-0.15, -0.1) is 0 Å². The van der Waals surface area contributed by atoms with E-state index < -0.39 is 0 Å². The summed E-state index contributed by atoms with van der Waals surface area (Å²) in [5, 5.41) is 8.29. The predicted octanol–water partition coefficient (Wildman–Crippen LogP) is 9.76.